The van der Waals surface area contributed by atoms with Crippen molar-refractivity contribution in [2.75, 3.05) is 6.54 Å². The quantitative estimate of drug-likeness (QED) is 0.791. The minimum Gasteiger partial charge on any atom is -0.388 e. The fourth-order valence-electron chi connectivity index (χ4n) is 1.67. The van der Waals surface area contributed by atoms with Gasteiger partial charge in [-0.1, -0.05) is 19.9 Å². The van der Waals surface area contributed by atoms with Gasteiger partial charge in [0.2, 0.25) is 0 Å². The zero-order valence-corrected chi connectivity index (χ0v) is 9.64. The van der Waals surface area contributed by atoms with Gasteiger partial charge < -0.3 is 10.8 Å². The highest BCUT2D eigenvalue weighted by molar-refractivity contribution is 5.16. The summed E-state index contributed by atoms with van der Waals surface area (Å²) < 4.78 is 0. The maximum absolute atomic E-state index is 10.1. The molecule has 0 saturated heterocycles. The van der Waals surface area contributed by atoms with Crippen molar-refractivity contribution in [3.63, 3.8) is 0 Å². The van der Waals surface area contributed by atoms with E-state index in [2.05, 4.69) is 18.8 Å². The third-order valence-corrected chi connectivity index (χ3v) is 2.81. The van der Waals surface area contributed by atoms with Gasteiger partial charge in [0, 0.05) is 17.8 Å². The highest BCUT2D eigenvalue weighted by atomic mass is 16.3. The number of hydrogen-bond donors (Lipinski definition) is 2. The summed E-state index contributed by atoms with van der Waals surface area (Å²) in [5.74, 6) is 0.459. The van der Waals surface area contributed by atoms with Crippen molar-refractivity contribution in [2.45, 2.75) is 26.9 Å². The van der Waals surface area contributed by atoms with E-state index < -0.39 is 6.10 Å². The third-order valence-electron chi connectivity index (χ3n) is 2.81. The zero-order chi connectivity index (χ0) is 11.4. The smallest absolute Gasteiger partial charge is 0.0847 e. The maximum atomic E-state index is 10.1. The van der Waals surface area contributed by atoms with Crippen molar-refractivity contribution in [1.82, 2.24) is 4.98 Å². The van der Waals surface area contributed by atoms with E-state index in [1.54, 1.807) is 6.20 Å². The number of aryl methyl sites for hydroxylation is 1. The van der Waals surface area contributed by atoms with Crippen LogP contribution in [0.5, 0.6) is 0 Å². The van der Waals surface area contributed by atoms with E-state index in [0.29, 0.717) is 12.5 Å². The topological polar surface area (TPSA) is 59.1 Å². The first-order chi connectivity index (χ1) is 7.06. The first kappa shape index (κ1) is 12.1. The van der Waals surface area contributed by atoms with Gasteiger partial charge in [-0.2, -0.15) is 0 Å². The van der Waals surface area contributed by atoms with Crippen LogP contribution in [0.1, 0.15) is 31.2 Å². The molecule has 1 aromatic heterocycles. The van der Waals surface area contributed by atoms with Crippen LogP contribution >= 0.6 is 0 Å². The molecule has 84 valence electrons. The summed E-state index contributed by atoms with van der Waals surface area (Å²) >= 11 is 0. The van der Waals surface area contributed by atoms with Crippen LogP contribution in [0.25, 0.3) is 0 Å². The summed E-state index contributed by atoms with van der Waals surface area (Å²) in [6, 6.07) is 3.82. The molecule has 3 nitrogen and oxygen atoms in total. The molecule has 0 aliphatic heterocycles. The molecule has 15 heavy (non-hydrogen) atoms. The summed E-state index contributed by atoms with van der Waals surface area (Å²) in [5.41, 5.74) is 7.47. The van der Waals surface area contributed by atoms with Gasteiger partial charge in [0.25, 0.3) is 0 Å². The van der Waals surface area contributed by atoms with Gasteiger partial charge in [-0.15, -0.1) is 0 Å². The molecule has 1 heterocycles. The molecule has 2 atom stereocenters. The summed E-state index contributed by atoms with van der Waals surface area (Å²) in [6.07, 6.45) is 1.22. The van der Waals surface area contributed by atoms with Crippen molar-refractivity contribution in [3.8, 4) is 0 Å². The highest BCUT2D eigenvalue weighted by Gasteiger charge is 2.22. The van der Waals surface area contributed by atoms with Gasteiger partial charge in [-0.05, 0) is 31.0 Å². The fraction of sp³-hybridized carbons (Fsp3) is 0.583. The molecular formula is C12H20N2O. The average molecular weight is 208 g/mol. The largest absolute Gasteiger partial charge is 0.388 e. The number of hydrogen-bond acceptors (Lipinski definition) is 3. The summed E-state index contributed by atoms with van der Waals surface area (Å²) in [4.78, 5) is 4.18. The lowest BCUT2D eigenvalue weighted by Crippen LogP contribution is -2.26. The van der Waals surface area contributed by atoms with E-state index in [9.17, 15) is 5.11 Å². The molecule has 2 unspecified atom stereocenters. The Kier molecular flexibility index (Phi) is 4.24. The average Bonchev–Trinajstić information content (AvgIpc) is 2.19. The minimum atomic E-state index is -0.511. The Bertz CT molecular complexity index is 295. The number of aliphatic hydroxyl groups is 1. The van der Waals surface area contributed by atoms with Gasteiger partial charge in [-0.25, -0.2) is 0 Å². The normalized spacial score (nSPS) is 15.3. The fourth-order valence-corrected chi connectivity index (χ4v) is 1.67. The van der Waals surface area contributed by atoms with E-state index in [-0.39, 0.29) is 5.92 Å². The summed E-state index contributed by atoms with van der Waals surface area (Å²) in [5, 5.41) is 10.1. The lowest BCUT2D eigenvalue weighted by Gasteiger charge is -2.24. The number of aliphatic hydroxyl groups excluding tert-OH is 1. The van der Waals surface area contributed by atoms with Crippen LogP contribution in [-0.4, -0.2) is 16.6 Å². The molecule has 0 saturated carbocycles. The minimum absolute atomic E-state index is 0.0921. The zero-order valence-electron chi connectivity index (χ0n) is 9.64. The van der Waals surface area contributed by atoms with Crippen molar-refractivity contribution in [1.29, 1.82) is 0 Å². The molecule has 0 aliphatic rings. The van der Waals surface area contributed by atoms with Gasteiger partial charge in [0.1, 0.15) is 0 Å². The van der Waals surface area contributed by atoms with Crippen LogP contribution in [0.4, 0.5) is 0 Å². The van der Waals surface area contributed by atoms with Crippen molar-refractivity contribution < 1.29 is 5.11 Å². The number of nitrogens with two attached hydrogens (primary N) is 1. The molecule has 0 fully saturated rings. The number of pyridine rings is 1. The Morgan fingerprint density at radius 3 is 2.47 bits per heavy atom. The molecule has 1 rings (SSSR count). The Morgan fingerprint density at radius 2 is 2.07 bits per heavy atom. The molecule has 0 amide bonds. The summed E-state index contributed by atoms with van der Waals surface area (Å²) in [6.45, 7) is 6.57. The second-order valence-corrected chi connectivity index (χ2v) is 4.32. The molecular weight excluding hydrogens is 188 g/mol. The summed E-state index contributed by atoms with van der Waals surface area (Å²) in [7, 11) is 0. The standard InChI is InChI=1S/C12H20N2O/c1-8(2)11(6-13)12(15)10-5-4-9(3)14-7-10/h4-5,7-8,11-12,15H,6,13H2,1-3H3. The predicted octanol–water partition coefficient (Wildman–Crippen LogP) is 1.65. The van der Waals surface area contributed by atoms with Gasteiger partial charge in [0.05, 0.1) is 6.10 Å². The maximum Gasteiger partial charge on any atom is 0.0847 e. The van der Waals surface area contributed by atoms with Crippen LogP contribution in [0.2, 0.25) is 0 Å². The Hall–Kier alpha value is -0.930. The number of aromatic nitrogens is 1. The molecule has 0 radical (unpaired) electrons. The number of nitrogens with zero attached hydrogens (tertiary/aromatic N) is 1. The van der Waals surface area contributed by atoms with Gasteiger partial charge in [0.15, 0.2) is 0 Å². The SMILES string of the molecule is Cc1ccc(C(O)C(CN)C(C)C)cn1. The number of rotatable bonds is 4. The lowest BCUT2D eigenvalue weighted by atomic mass is 9.87. The van der Waals surface area contributed by atoms with Crippen molar-refractivity contribution in [2.24, 2.45) is 17.6 Å². The van der Waals surface area contributed by atoms with Crippen molar-refractivity contribution in [3.05, 3.63) is 29.6 Å². The van der Waals surface area contributed by atoms with Gasteiger partial charge >= 0.3 is 0 Å². The molecule has 0 bridgehead atoms. The molecule has 3 heteroatoms. The second-order valence-electron chi connectivity index (χ2n) is 4.32. The van der Waals surface area contributed by atoms with Crippen LogP contribution in [0, 0.1) is 18.8 Å². The Balaban J connectivity index is 2.82. The first-order valence-corrected chi connectivity index (χ1v) is 5.37. The van der Waals surface area contributed by atoms with Crippen molar-refractivity contribution >= 4 is 0 Å². The van der Waals surface area contributed by atoms with Gasteiger partial charge in [-0.3, -0.25) is 4.98 Å². The Morgan fingerprint density at radius 1 is 1.40 bits per heavy atom. The molecule has 0 spiro atoms. The van der Waals surface area contributed by atoms with Crippen LogP contribution < -0.4 is 5.73 Å². The monoisotopic (exact) mass is 208 g/mol. The van der Waals surface area contributed by atoms with E-state index in [0.717, 1.165) is 11.3 Å². The first-order valence-electron chi connectivity index (χ1n) is 5.37. The molecule has 0 aromatic carbocycles. The van der Waals surface area contributed by atoms with E-state index in [1.165, 1.54) is 0 Å². The van der Waals surface area contributed by atoms with E-state index >= 15 is 0 Å². The Labute approximate surface area is 91.3 Å². The predicted molar refractivity (Wildman–Crippen MR) is 61.3 cm³/mol. The highest BCUT2D eigenvalue weighted by Crippen LogP contribution is 2.26. The van der Waals surface area contributed by atoms with E-state index in [4.69, 9.17) is 5.73 Å². The van der Waals surface area contributed by atoms with E-state index in [1.807, 2.05) is 19.1 Å². The van der Waals surface area contributed by atoms with Crippen LogP contribution in [-0.2, 0) is 0 Å². The van der Waals surface area contributed by atoms with Crippen LogP contribution in [0.3, 0.4) is 0 Å². The molecule has 0 aliphatic carbocycles. The molecule has 3 N–H and O–H groups in total. The third kappa shape index (κ3) is 3.01. The molecule has 1 aromatic rings. The second kappa shape index (κ2) is 5.24. The van der Waals surface area contributed by atoms with Crippen LogP contribution in [0.15, 0.2) is 18.3 Å². The lowest BCUT2D eigenvalue weighted by molar-refractivity contribution is 0.0858.